The summed E-state index contributed by atoms with van der Waals surface area (Å²) in [4.78, 5) is 37.9. The Morgan fingerprint density at radius 1 is 1.00 bits per heavy atom. The Labute approximate surface area is 219 Å². The van der Waals surface area contributed by atoms with Crippen molar-refractivity contribution in [3.05, 3.63) is 95.4 Å². The number of carbonyl (C=O) groups excluding carboxylic acids is 3. The highest BCUT2D eigenvalue weighted by molar-refractivity contribution is 6.10. The maximum absolute atomic E-state index is 14.1. The summed E-state index contributed by atoms with van der Waals surface area (Å²) in [5.41, 5.74) is 5.66. The zero-order valence-corrected chi connectivity index (χ0v) is 20.4. The zero-order chi connectivity index (χ0) is 28.3. The van der Waals surface area contributed by atoms with Gasteiger partial charge in [0.1, 0.15) is 18.5 Å². The summed E-state index contributed by atoms with van der Waals surface area (Å²) in [7, 11) is 0. The lowest BCUT2D eigenvalue weighted by molar-refractivity contribution is -0.146. The van der Waals surface area contributed by atoms with Crippen LogP contribution in [0.4, 0.5) is 33.7 Å². The Hall–Kier alpha value is -4.71. The van der Waals surface area contributed by atoms with Gasteiger partial charge in [0, 0.05) is 28.4 Å². The average molecular weight is 542 g/mol. The van der Waals surface area contributed by atoms with Crippen LogP contribution in [0.2, 0.25) is 0 Å². The first-order valence-electron chi connectivity index (χ1n) is 11.5. The second kappa shape index (κ2) is 11.0. The fourth-order valence-electron chi connectivity index (χ4n) is 3.76. The van der Waals surface area contributed by atoms with Gasteiger partial charge in [-0.2, -0.15) is 13.2 Å². The fourth-order valence-corrected chi connectivity index (χ4v) is 3.76. The van der Waals surface area contributed by atoms with Gasteiger partial charge < -0.3 is 21.1 Å². The molecule has 4 rings (SSSR count). The van der Waals surface area contributed by atoms with E-state index in [4.69, 9.17) is 10.5 Å². The number of ether oxygens (including phenoxy) is 1. The molecule has 0 radical (unpaired) electrons. The monoisotopic (exact) mass is 542 g/mol. The summed E-state index contributed by atoms with van der Waals surface area (Å²) in [5, 5.41) is 5.10. The summed E-state index contributed by atoms with van der Waals surface area (Å²) >= 11 is 0. The SMILES string of the molecule is C[C@H](N)C(=O)OCc1ccccc1C(=O)n1cc(NC(=O)Nc2ccc(C(F)(F)F)cc2)c2cc(F)ccc21. The highest BCUT2D eigenvalue weighted by Crippen LogP contribution is 2.31. The van der Waals surface area contributed by atoms with Crippen molar-refractivity contribution in [3.8, 4) is 0 Å². The van der Waals surface area contributed by atoms with Gasteiger partial charge in [0.2, 0.25) is 0 Å². The summed E-state index contributed by atoms with van der Waals surface area (Å²) in [5.74, 6) is -1.82. The molecule has 1 atom stereocenters. The average Bonchev–Trinajstić information content (AvgIpc) is 3.23. The number of hydrogen-bond donors (Lipinski definition) is 3. The van der Waals surface area contributed by atoms with Crippen LogP contribution in [0.5, 0.6) is 0 Å². The molecule has 8 nitrogen and oxygen atoms in total. The Balaban J connectivity index is 1.61. The van der Waals surface area contributed by atoms with Gasteiger partial charge in [0.25, 0.3) is 5.91 Å². The molecule has 0 aliphatic rings. The molecule has 0 unspecified atom stereocenters. The van der Waals surface area contributed by atoms with E-state index in [9.17, 15) is 31.9 Å². The number of carbonyl (C=O) groups is 3. The minimum absolute atomic E-state index is 0.0723. The molecule has 3 aromatic carbocycles. The minimum atomic E-state index is -4.53. The zero-order valence-electron chi connectivity index (χ0n) is 20.4. The highest BCUT2D eigenvalue weighted by atomic mass is 19.4. The van der Waals surface area contributed by atoms with Crippen molar-refractivity contribution >= 4 is 40.2 Å². The Morgan fingerprint density at radius 2 is 1.69 bits per heavy atom. The van der Waals surface area contributed by atoms with Gasteiger partial charge in [-0.1, -0.05) is 18.2 Å². The summed E-state index contributed by atoms with van der Waals surface area (Å²) in [6.45, 7) is 1.25. The van der Waals surface area contributed by atoms with Crippen LogP contribution in [0.1, 0.15) is 28.4 Å². The van der Waals surface area contributed by atoms with E-state index in [2.05, 4.69) is 10.6 Å². The van der Waals surface area contributed by atoms with Crippen LogP contribution < -0.4 is 16.4 Å². The van der Waals surface area contributed by atoms with Crippen molar-refractivity contribution in [1.82, 2.24) is 4.57 Å². The van der Waals surface area contributed by atoms with E-state index >= 15 is 0 Å². The highest BCUT2D eigenvalue weighted by Gasteiger charge is 2.30. The van der Waals surface area contributed by atoms with Crippen molar-refractivity contribution in [3.63, 3.8) is 0 Å². The van der Waals surface area contributed by atoms with E-state index in [1.165, 1.54) is 29.8 Å². The molecular weight excluding hydrogens is 520 g/mol. The molecule has 1 heterocycles. The quantitative estimate of drug-likeness (QED) is 0.219. The van der Waals surface area contributed by atoms with Gasteiger partial charge in [-0.05, 0) is 55.5 Å². The maximum Gasteiger partial charge on any atom is 0.416 e. The number of fused-ring (bicyclic) bond motifs is 1. The number of nitrogens with zero attached hydrogens (tertiary/aromatic N) is 1. The van der Waals surface area contributed by atoms with Crippen LogP contribution >= 0.6 is 0 Å². The van der Waals surface area contributed by atoms with Gasteiger partial charge in [0.05, 0.1) is 16.8 Å². The van der Waals surface area contributed by atoms with E-state index in [-0.39, 0.29) is 34.4 Å². The van der Waals surface area contributed by atoms with E-state index in [1.54, 1.807) is 18.2 Å². The predicted octanol–water partition coefficient (Wildman–Crippen LogP) is 5.52. The van der Waals surface area contributed by atoms with E-state index < -0.39 is 41.5 Å². The number of amides is 2. The number of benzene rings is 3. The molecule has 0 fully saturated rings. The number of urea groups is 1. The second-order valence-electron chi connectivity index (χ2n) is 8.59. The largest absolute Gasteiger partial charge is 0.460 e. The molecule has 202 valence electrons. The molecule has 0 saturated carbocycles. The van der Waals surface area contributed by atoms with E-state index in [1.807, 2.05) is 0 Å². The van der Waals surface area contributed by atoms with Crippen LogP contribution in [-0.4, -0.2) is 28.5 Å². The number of nitrogens with one attached hydrogen (secondary N) is 2. The summed E-state index contributed by atoms with van der Waals surface area (Å²) < 4.78 is 58.8. The van der Waals surface area contributed by atoms with Crippen LogP contribution in [0, 0.1) is 5.82 Å². The lowest BCUT2D eigenvalue weighted by Gasteiger charge is -2.12. The number of halogens is 4. The Bertz CT molecular complexity index is 1550. The normalized spacial score (nSPS) is 12.2. The lowest BCUT2D eigenvalue weighted by Crippen LogP contribution is -2.28. The van der Waals surface area contributed by atoms with Crippen LogP contribution in [-0.2, 0) is 22.3 Å². The fraction of sp³-hybridized carbons (Fsp3) is 0.148. The smallest absolute Gasteiger partial charge is 0.416 e. The molecule has 0 bridgehead atoms. The minimum Gasteiger partial charge on any atom is -0.460 e. The van der Waals surface area contributed by atoms with Gasteiger partial charge in [-0.3, -0.25) is 14.2 Å². The van der Waals surface area contributed by atoms with Gasteiger partial charge in [-0.25, -0.2) is 9.18 Å². The molecule has 0 saturated heterocycles. The number of anilines is 2. The van der Waals surface area contributed by atoms with E-state index in [0.717, 1.165) is 36.4 Å². The van der Waals surface area contributed by atoms with E-state index in [0.29, 0.717) is 5.56 Å². The standard InChI is InChI=1S/C27H22F4N4O4/c1-15(32)25(37)39-14-16-4-2-3-5-20(16)24(36)35-13-22(21-12-18(28)8-11-23(21)35)34-26(38)33-19-9-6-17(7-10-19)27(29,30)31/h2-13,15H,14,32H2,1H3,(H2,33,34,38)/t15-/m0/s1. The van der Waals surface area contributed by atoms with Crippen LogP contribution in [0.3, 0.4) is 0 Å². The van der Waals surface area contributed by atoms with Crippen molar-refractivity contribution in [1.29, 1.82) is 0 Å². The molecule has 0 aliphatic heterocycles. The predicted molar refractivity (Wildman–Crippen MR) is 136 cm³/mol. The Kier molecular flexibility index (Phi) is 7.68. The van der Waals surface area contributed by atoms with Gasteiger partial charge in [0.15, 0.2) is 0 Å². The molecule has 0 aliphatic carbocycles. The number of hydrogen-bond acceptors (Lipinski definition) is 5. The molecule has 2 amide bonds. The molecule has 1 aromatic heterocycles. The third-order valence-corrected chi connectivity index (χ3v) is 5.69. The van der Waals surface area contributed by atoms with Crippen molar-refractivity contribution in [2.24, 2.45) is 5.73 Å². The second-order valence-corrected chi connectivity index (χ2v) is 8.59. The van der Waals surface area contributed by atoms with Crippen molar-refractivity contribution < 1.29 is 36.7 Å². The van der Waals surface area contributed by atoms with Crippen LogP contribution in [0.25, 0.3) is 10.9 Å². The maximum atomic E-state index is 14.1. The molecule has 4 aromatic rings. The summed E-state index contributed by atoms with van der Waals surface area (Å²) in [6.07, 6.45) is -3.23. The molecular formula is C27H22F4N4O4. The number of esters is 1. The number of alkyl halides is 3. The topological polar surface area (TPSA) is 115 Å². The third-order valence-electron chi connectivity index (χ3n) is 5.69. The number of nitrogens with two attached hydrogens (primary N) is 1. The number of aromatic nitrogens is 1. The Morgan fingerprint density at radius 3 is 2.36 bits per heavy atom. The molecule has 0 spiro atoms. The molecule has 12 heteroatoms. The van der Waals surface area contributed by atoms with Crippen molar-refractivity contribution in [2.75, 3.05) is 10.6 Å². The first-order valence-corrected chi connectivity index (χ1v) is 11.5. The summed E-state index contributed by atoms with van der Waals surface area (Å²) in [6, 6.07) is 12.2. The lowest BCUT2D eigenvalue weighted by atomic mass is 10.1. The van der Waals surface area contributed by atoms with Gasteiger partial charge >= 0.3 is 18.2 Å². The number of rotatable bonds is 6. The third kappa shape index (κ3) is 6.24. The first-order chi connectivity index (χ1) is 18.4. The van der Waals surface area contributed by atoms with Crippen LogP contribution in [0.15, 0.2) is 72.9 Å². The van der Waals surface area contributed by atoms with Gasteiger partial charge in [-0.15, -0.1) is 0 Å². The molecule has 4 N–H and O–H groups in total. The first kappa shape index (κ1) is 27.3. The molecule has 39 heavy (non-hydrogen) atoms. The van der Waals surface area contributed by atoms with Crippen molar-refractivity contribution in [2.45, 2.75) is 25.7 Å².